The summed E-state index contributed by atoms with van der Waals surface area (Å²) >= 11 is 0. The summed E-state index contributed by atoms with van der Waals surface area (Å²) in [5.41, 5.74) is 3.44. The number of nitrogens with one attached hydrogen (secondary N) is 1. The molecule has 2 heterocycles. The van der Waals surface area contributed by atoms with Crippen LogP contribution >= 0.6 is 0 Å². The quantitative estimate of drug-likeness (QED) is 0.684. The van der Waals surface area contributed by atoms with Crippen molar-refractivity contribution in [3.8, 4) is 6.07 Å². The van der Waals surface area contributed by atoms with Crippen LogP contribution in [-0.4, -0.2) is 41.4 Å². The van der Waals surface area contributed by atoms with E-state index in [-0.39, 0.29) is 17.0 Å². The fraction of sp³-hybridized carbons (Fsp3) is 0.273. The van der Waals surface area contributed by atoms with Gasteiger partial charge in [-0.2, -0.15) is 9.57 Å². The van der Waals surface area contributed by atoms with E-state index in [2.05, 4.69) is 16.4 Å². The molecule has 1 fully saturated rings. The van der Waals surface area contributed by atoms with E-state index >= 15 is 0 Å². The van der Waals surface area contributed by atoms with E-state index in [1.165, 1.54) is 16.8 Å². The molecule has 1 saturated heterocycles. The molecule has 30 heavy (non-hydrogen) atoms. The number of imidazole rings is 1. The van der Waals surface area contributed by atoms with Crippen LogP contribution in [0.3, 0.4) is 0 Å². The largest absolute Gasteiger partial charge is 0.380 e. The van der Waals surface area contributed by atoms with Gasteiger partial charge in [0.25, 0.3) is 10.0 Å². The number of aromatic nitrogens is 2. The minimum absolute atomic E-state index is 0.0317. The summed E-state index contributed by atoms with van der Waals surface area (Å²) in [5, 5.41) is 12.8. The molecule has 1 aromatic heterocycles. The zero-order chi connectivity index (χ0) is 21.3. The van der Waals surface area contributed by atoms with Crippen LogP contribution in [0.1, 0.15) is 22.6 Å². The van der Waals surface area contributed by atoms with Gasteiger partial charge in [0.1, 0.15) is 0 Å². The molecule has 0 aliphatic carbocycles. The maximum absolute atomic E-state index is 13.2. The van der Waals surface area contributed by atoms with Crippen LogP contribution in [-0.2, 0) is 17.1 Å². The lowest BCUT2D eigenvalue weighted by Gasteiger charge is -2.21. The predicted octanol–water partition coefficient (Wildman–Crippen LogP) is 2.87. The van der Waals surface area contributed by atoms with Crippen molar-refractivity contribution in [1.82, 2.24) is 13.9 Å². The fourth-order valence-corrected chi connectivity index (χ4v) is 5.41. The molecule has 2 aromatic carbocycles. The molecule has 0 spiro atoms. The maximum atomic E-state index is 13.2. The van der Waals surface area contributed by atoms with Gasteiger partial charge in [-0.25, -0.2) is 13.4 Å². The number of rotatable bonds is 5. The Labute approximate surface area is 176 Å². The number of nitriles is 1. The average Bonchev–Trinajstić information content (AvgIpc) is 3.35. The van der Waals surface area contributed by atoms with E-state index in [0.29, 0.717) is 18.7 Å². The smallest absolute Gasteiger partial charge is 0.262 e. The third kappa shape index (κ3) is 3.95. The fourth-order valence-electron chi connectivity index (χ4n) is 3.95. The lowest BCUT2D eigenvalue weighted by Crippen LogP contribution is -2.32. The minimum atomic E-state index is -3.70. The Kier molecular flexibility index (Phi) is 5.33. The number of benzene rings is 2. The summed E-state index contributed by atoms with van der Waals surface area (Å²) in [6.07, 6.45) is 3.01. The molecule has 2 unspecified atom stereocenters. The summed E-state index contributed by atoms with van der Waals surface area (Å²) in [6.45, 7) is 2.61. The first-order valence-corrected chi connectivity index (χ1v) is 11.1. The number of hydrogen-bond acceptors (Lipinski definition) is 5. The van der Waals surface area contributed by atoms with Crippen molar-refractivity contribution < 1.29 is 8.42 Å². The molecule has 154 valence electrons. The minimum Gasteiger partial charge on any atom is -0.380 e. The first kappa shape index (κ1) is 20.1. The van der Waals surface area contributed by atoms with Gasteiger partial charge in [0.05, 0.1) is 18.0 Å². The third-order valence-electron chi connectivity index (χ3n) is 5.36. The molecule has 1 aliphatic rings. The van der Waals surface area contributed by atoms with Crippen LogP contribution in [0, 0.1) is 18.3 Å². The second-order valence-electron chi connectivity index (χ2n) is 7.67. The van der Waals surface area contributed by atoms with Crippen LogP contribution in [0.5, 0.6) is 0 Å². The number of sulfonamides is 1. The van der Waals surface area contributed by atoms with Crippen LogP contribution in [0.15, 0.2) is 66.1 Å². The Morgan fingerprint density at radius 3 is 2.60 bits per heavy atom. The van der Waals surface area contributed by atoms with Gasteiger partial charge in [0, 0.05) is 44.0 Å². The standard InChI is InChI=1S/C22H23N5O2S/c1-16-8-17(11-23)10-19(9-16)25-21-13-27(12-20(21)18-6-4-3-5-7-18)30(28,29)22-14-26(2)15-24-22/h3-10,14-15,20-21,25H,12-13H2,1-2H3. The summed E-state index contributed by atoms with van der Waals surface area (Å²) in [5.74, 6) is -0.0317. The lowest BCUT2D eigenvalue weighted by atomic mass is 9.94. The van der Waals surface area contributed by atoms with E-state index in [9.17, 15) is 13.7 Å². The predicted molar refractivity (Wildman–Crippen MR) is 114 cm³/mol. The molecule has 0 radical (unpaired) electrons. The van der Waals surface area contributed by atoms with Crippen molar-refractivity contribution in [2.24, 2.45) is 7.05 Å². The van der Waals surface area contributed by atoms with Gasteiger partial charge in [-0.3, -0.25) is 0 Å². The van der Waals surface area contributed by atoms with Gasteiger partial charge in [0.2, 0.25) is 0 Å². The summed E-state index contributed by atoms with van der Waals surface area (Å²) < 4.78 is 29.4. The van der Waals surface area contributed by atoms with E-state index in [4.69, 9.17) is 0 Å². The van der Waals surface area contributed by atoms with Gasteiger partial charge in [-0.15, -0.1) is 0 Å². The molecule has 4 rings (SSSR count). The van der Waals surface area contributed by atoms with Crippen LogP contribution in [0.2, 0.25) is 0 Å². The highest BCUT2D eigenvalue weighted by Crippen LogP contribution is 2.33. The highest BCUT2D eigenvalue weighted by atomic mass is 32.2. The lowest BCUT2D eigenvalue weighted by molar-refractivity contribution is 0.468. The number of hydrogen-bond donors (Lipinski definition) is 1. The van der Waals surface area contributed by atoms with Crippen molar-refractivity contribution in [3.05, 3.63) is 77.7 Å². The van der Waals surface area contributed by atoms with E-state index in [0.717, 1.165) is 16.8 Å². The summed E-state index contributed by atoms with van der Waals surface area (Å²) in [7, 11) is -1.95. The topological polar surface area (TPSA) is 91.0 Å². The second-order valence-corrected chi connectivity index (χ2v) is 9.55. The van der Waals surface area contributed by atoms with Crippen molar-refractivity contribution in [1.29, 1.82) is 5.26 Å². The SMILES string of the molecule is Cc1cc(C#N)cc(NC2CN(S(=O)(=O)c3cn(C)cn3)CC2c2ccccc2)c1. The monoisotopic (exact) mass is 421 g/mol. The Hall–Kier alpha value is -3.15. The van der Waals surface area contributed by atoms with Crippen LogP contribution < -0.4 is 5.32 Å². The highest BCUT2D eigenvalue weighted by molar-refractivity contribution is 7.89. The van der Waals surface area contributed by atoms with Crippen LogP contribution in [0.4, 0.5) is 5.69 Å². The van der Waals surface area contributed by atoms with Gasteiger partial charge < -0.3 is 9.88 Å². The Morgan fingerprint density at radius 2 is 1.93 bits per heavy atom. The van der Waals surface area contributed by atoms with E-state index in [1.807, 2.05) is 49.4 Å². The van der Waals surface area contributed by atoms with Crippen molar-refractivity contribution in [2.75, 3.05) is 18.4 Å². The molecule has 0 amide bonds. The first-order chi connectivity index (χ1) is 14.4. The molecule has 3 aromatic rings. The average molecular weight is 422 g/mol. The van der Waals surface area contributed by atoms with Gasteiger partial charge >= 0.3 is 0 Å². The molecule has 2 atom stereocenters. The van der Waals surface area contributed by atoms with Crippen molar-refractivity contribution in [2.45, 2.75) is 23.9 Å². The van der Waals surface area contributed by atoms with Crippen molar-refractivity contribution >= 4 is 15.7 Å². The Bertz CT molecular complexity index is 1200. The first-order valence-electron chi connectivity index (χ1n) is 9.68. The molecule has 0 bridgehead atoms. The molecule has 1 aliphatic heterocycles. The Balaban J connectivity index is 1.67. The molecule has 0 saturated carbocycles. The molecule has 1 N–H and O–H groups in total. The van der Waals surface area contributed by atoms with Crippen LogP contribution in [0.25, 0.3) is 0 Å². The molecular weight excluding hydrogens is 398 g/mol. The van der Waals surface area contributed by atoms with E-state index in [1.54, 1.807) is 17.7 Å². The summed E-state index contributed by atoms with van der Waals surface area (Å²) in [4.78, 5) is 4.05. The molecule has 8 heteroatoms. The maximum Gasteiger partial charge on any atom is 0.262 e. The van der Waals surface area contributed by atoms with Gasteiger partial charge in [0.15, 0.2) is 5.03 Å². The van der Waals surface area contributed by atoms with Crippen molar-refractivity contribution in [3.63, 3.8) is 0 Å². The Morgan fingerprint density at radius 1 is 1.17 bits per heavy atom. The number of nitrogens with zero attached hydrogens (tertiary/aromatic N) is 4. The van der Waals surface area contributed by atoms with Gasteiger partial charge in [-0.1, -0.05) is 30.3 Å². The zero-order valence-corrected chi connectivity index (χ0v) is 17.7. The molecule has 7 nitrogen and oxygen atoms in total. The second kappa shape index (κ2) is 7.94. The highest BCUT2D eigenvalue weighted by Gasteiger charge is 2.41. The summed E-state index contributed by atoms with van der Waals surface area (Å²) in [6, 6.07) is 17.5. The zero-order valence-electron chi connectivity index (χ0n) is 16.9. The molecular formula is C22H23N5O2S. The van der Waals surface area contributed by atoms with Gasteiger partial charge in [-0.05, 0) is 36.2 Å². The third-order valence-corrected chi connectivity index (χ3v) is 7.08. The normalized spacial score (nSPS) is 19.5. The number of anilines is 1. The van der Waals surface area contributed by atoms with E-state index < -0.39 is 10.0 Å². The number of aryl methyl sites for hydroxylation is 2.